The summed E-state index contributed by atoms with van der Waals surface area (Å²) in [6, 6.07) is 9.99. The highest BCUT2D eigenvalue weighted by Crippen LogP contribution is 2.43. The molecule has 3 nitrogen and oxygen atoms in total. The number of carbonyl (C=O) groups is 1. The molecule has 1 aromatic carbocycles. The molecule has 1 aromatic rings. The SMILES string of the molecule is CS.NSOC1CCCCC1.O=C(c1ccccc1)C1([S+]2CCCC2)CCCC1. The maximum atomic E-state index is 13.0. The molecule has 1 heterocycles. The van der Waals surface area contributed by atoms with Gasteiger partial charge in [0.1, 0.15) is 11.5 Å². The molecule has 0 spiro atoms. The molecule has 2 saturated carbocycles. The van der Waals surface area contributed by atoms with Crippen LogP contribution < -0.4 is 5.14 Å². The third-order valence-electron chi connectivity index (χ3n) is 6.19. The fraction of sp³-hybridized carbons (Fsp3) is 0.696. The highest BCUT2D eigenvalue weighted by Gasteiger charge is 2.55. The second-order valence-electron chi connectivity index (χ2n) is 7.96. The van der Waals surface area contributed by atoms with Gasteiger partial charge < -0.3 is 0 Å². The van der Waals surface area contributed by atoms with Gasteiger partial charge in [0.2, 0.25) is 5.78 Å². The smallest absolute Gasteiger partial charge is 0.217 e. The predicted molar refractivity (Wildman–Crippen MR) is 133 cm³/mol. The molecule has 6 heteroatoms. The van der Waals surface area contributed by atoms with E-state index in [9.17, 15) is 4.79 Å². The molecule has 4 rings (SSSR count). The number of hydrogen-bond acceptors (Lipinski definition) is 5. The second kappa shape index (κ2) is 14.0. The summed E-state index contributed by atoms with van der Waals surface area (Å²) in [7, 11) is 0.359. The number of nitrogens with two attached hydrogens (primary N) is 1. The van der Waals surface area contributed by atoms with E-state index in [1.807, 2.05) is 30.3 Å². The van der Waals surface area contributed by atoms with Gasteiger partial charge in [-0.05, 0) is 44.8 Å². The van der Waals surface area contributed by atoms with Gasteiger partial charge in [0.25, 0.3) is 0 Å². The minimum atomic E-state index is 0.0256. The summed E-state index contributed by atoms with van der Waals surface area (Å²) in [6.07, 6.45) is 16.0. The highest BCUT2D eigenvalue weighted by atomic mass is 32.2. The van der Waals surface area contributed by atoms with Crippen LogP contribution >= 0.6 is 24.9 Å². The van der Waals surface area contributed by atoms with Gasteiger partial charge >= 0.3 is 0 Å². The zero-order valence-corrected chi connectivity index (χ0v) is 20.3. The third kappa shape index (κ3) is 7.20. The molecule has 0 radical (unpaired) electrons. The van der Waals surface area contributed by atoms with E-state index in [0.29, 0.717) is 22.8 Å². The van der Waals surface area contributed by atoms with Gasteiger partial charge in [-0.1, -0.05) is 49.6 Å². The van der Waals surface area contributed by atoms with Crippen molar-refractivity contribution in [3.8, 4) is 0 Å². The number of ketones is 1. The zero-order valence-electron chi connectivity index (χ0n) is 17.8. The largest absolute Gasteiger partial charge is 0.298 e. The van der Waals surface area contributed by atoms with E-state index in [1.165, 1.54) is 69.3 Å². The molecule has 0 atom stereocenters. The first-order valence-corrected chi connectivity index (χ1v) is 14.3. The number of carbonyl (C=O) groups excluding carboxylic acids is 1. The van der Waals surface area contributed by atoms with Crippen LogP contribution in [0.4, 0.5) is 0 Å². The number of thiol groups is 1. The van der Waals surface area contributed by atoms with Crippen molar-refractivity contribution in [2.75, 3.05) is 17.8 Å². The van der Waals surface area contributed by atoms with Crippen LogP contribution in [0.3, 0.4) is 0 Å². The number of Topliss-reactive ketones (excluding diaryl/α,β-unsaturated/α-hetero) is 1. The zero-order chi connectivity index (χ0) is 21.0. The second-order valence-corrected chi connectivity index (χ2v) is 10.9. The Morgan fingerprint density at radius 3 is 2.14 bits per heavy atom. The van der Waals surface area contributed by atoms with Crippen LogP contribution in [0, 0.1) is 0 Å². The first-order valence-electron chi connectivity index (χ1n) is 11.0. The van der Waals surface area contributed by atoms with Crippen molar-refractivity contribution in [3.05, 3.63) is 35.9 Å². The highest BCUT2D eigenvalue weighted by molar-refractivity contribution is 7.99. The normalized spacial score (nSPS) is 21.6. The van der Waals surface area contributed by atoms with Gasteiger partial charge in [0, 0.05) is 29.3 Å². The van der Waals surface area contributed by atoms with Crippen LogP contribution in [-0.4, -0.2) is 34.4 Å². The molecule has 2 aliphatic carbocycles. The topological polar surface area (TPSA) is 52.3 Å². The Labute approximate surface area is 190 Å². The molecular weight excluding hydrogens is 418 g/mol. The maximum Gasteiger partial charge on any atom is 0.217 e. The van der Waals surface area contributed by atoms with Gasteiger partial charge in [-0.2, -0.15) is 12.6 Å². The Bertz CT molecular complexity index is 564. The van der Waals surface area contributed by atoms with E-state index in [0.717, 1.165) is 30.6 Å². The summed E-state index contributed by atoms with van der Waals surface area (Å²) in [5, 5.41) is 5.15. The van der Waals surface area contributed by atoms with Gasteiger partial charge in [-0.3, -0.25) is 14.1 Å². The summed E-state index contributed by atoms with van der Waals surface area (Å²) in [5.74, 6) is 3.06. The van der Waals surface area contributed by atoms with Crippen LogP contribution in [0.5, 0.6) is 0 Å². The maximum absolute atomic E-state index is 13.0. The molecular formula is C23H38NO2S3+. The van der Waals surface area contributed by atoms with Crippen molar-refractivity contribution in [1.29, 1.82) is 0 Å². The van der Waals surface area contributed by atoms with E-state index < -0.39 is 0 Å². The molecule has 2 N–H and O–H groups in total. The summed E-state index contributed by atoms with van der Waals surface area (Å²) in [6.45, 7) is 0. The van der Waals surface area contributed by atoms with Gasteiger partial charge in [-0.25, -0.2) is 0 Å². The van der Waals surface area contributed by atoms with Crippen molar-refractivity contribution in [3.63, 3.8) is 0 Å². The molecule has 0 amide bonds. The van der Waals surface area contributed by atoms with Crippen molar-refractivity contribution >= 4 is 41.5 Å². The Balaban J connectivity index is 0.000000231. The summed E-state index contributed by atoms with van der Waals surface area (Å²) < 4.78 is 5.20. The van der Waals surface area contributed by atoms with E-state index >= 15 is 0 Å². The third-order valence-corrected chi connectivity index (χ3v) is 9.83. The summed E-state index contributed by atoms with van der Waals surface area (Å²) in [5.41, 5.74) is 0.943. The van der Waals surface area contributed by atoms with Crippen LogP contribution in [0.2, 0.25) is 0 Å². The van der Waals surface area contributed by atoms with Crippen LogP contribution in [0.1, 0.15) is 81.0 Å². The summed E-state index contributed by atoms with van der Waals surface area (Å²) in [4.78, 5) is 13.0. The minimum absolute atomic E-state index is 0.0256. The Hall–Kier alpha value is -0.140. The van der Waals surface area contributed by atoms with Gasteiger partial charge in [0.05, 0.1) is 18.3 Å². The molecule has 0 unspecified atom stereocenters. The van der Waals surface area contributed by atoms with E-state index in [1.54, 1.807) is 6.26 Å². The fourth-order valence-corrected chi connectivity index (χ4v) is 8.42. The van der Waals surface area contributed by atoms with Gasteiger partial charge in [0.15, 0.2) is 4.75 Å². The van der Waals surface area contributed by atoms with Crippen molar-refractivity contribution in [2.24, 2.45) is 5.14 Å². The lowest BCUT2D eigenvalue weighted by Gasteiger charge is -2.25. The van der Waals surface area contributed by atoms with Crippen LogP contribution in [0.15, 0.2) is 30.3 Å². The lowest BCUT2D eigenvalue weighted by atomic mass is 9.95. The lowest BCUT2D eigenvalue weighted by Crippen LogP contribution is -2.45. The average Bonchev–Trinajstić information content (AvgIpc) is 3.50. The first-order chi connectivity index (χ1) is 14.3. The molecule has 0 aromatic heterocycles. The Morgan fingerprint density at radius 1 is 1.00 bits per heavy atom. The number of rotatable bonds is 5. The Morgan fingerprint density at radius 2 is 1.59 bits per heavy atom. The quantitative estimate of drug-likeness (QED) is 0.188. The van der Waals surface area contributed by atoms with Crippen molar-refractivity contribution in [1.82, 2.24) is 0 Å². The lowest BCUT2D eigenvalue weighted by molar-refractivity contribution is 0.0943. The van der Waals surface area contributed by atoms with E-state index in [2.05, 4.69) is 12.6 Å². The average molecular weight is 457 g/mol. The fourth-order valence-electron chi connectivity index (χ4n) is 4.73. The summed E-state index contributed by atoms with van der Waals surface area (Å²) >= 11 is 4.54. The molecule has 3 aliphatic rings. The number of hydrogen-bond donors (Lipinski definition) is 2. The molecule has 29 heavy (non-hydrogen) atoms. The predicted octanol–water partition coefficient (Wildman–Crippen LogP) is 6.00. The monoisotopic (exact) mass is 456 g/mol. The van der Waals surface area contributed by atoms with Gasteiger partial charge in [-0.15, -0.1) is 0 Å². The molecule has 1 saturated heterocycles. The number of benzene rings is 1. The van der Waals surface area contributed by atoms with Crippen molar-refractivity contribution < 1.29 is 8.98 Å². The van der Waals surface area contributed by atoms with E-state index in [4.69, 9.17) is 9.32 Å². The van der Waals surface area contributed by atoms with Crippen LogP contribution in [-0.2, 0) is 15.1 Å². The Kier molecular flexibility index (Phi) is 12.1. The first kappa shape index (κ1) is 25.1. The van der Waals surface area contributed by atoms with E-state index in [-0.39, 0.29) is 4.75 Å². The molecule has 3 fully saturated rings. The van der Waals surface area contributed by atoms with Crippen LogP contribution in [0.25, 0.3) is 0 Å². The molecule has 1 aliphatic heterocycles. The minimum Gasteiger partial charge on any atom is -0.298 e. The molecule has 164 valence electrons. The standard InChI is InChI=1S/C16H21OS.C6H13NOS.CH4S/c17-15(14-8-2-1-3-9-14)16(10-4-5-11-16)18-12-6-7-13-18;7-9-8-6-4-2-1-3-5-6;1-2/h1-3,8-9H,4-7,10-13H2;6H,1-5,7H2;2H,1H3/q+1;;. The molecule has 0 bridgehead atoms. The van der Waals surface area contributed by atoms with Crippen molar-refractivity contribution in [2.45, 2.75) is 81.5 Å².